The number of hydrogen-bond acceptors (Lipinski definition) is 2. The van der Waals surface area contributed by atoms with Crippen molar-refractivity contribution >= 4 is 0 Å². The van der Waals surface area contributed by atoms with E-state index in [2.05, 4.69) is 0 Å². The largest absolute Gasteiger partial charge is 0.493 e. The van der Waals surface area contributed by atoms with Gasteiger partial charge in [-0.15, -0.1) is 0 Å². The molecule has 90 valence electrons. The number of ether oxygens (including phenoxy) is 1. The lowest BCUT2D eigenvalue weighted by atomic mass is 10.2. The lowest BCUT2D eigenvalue weighted by Gasteiger charge is -2.09. The third-order valence-corrected chi connectivity index (χ3v) is 1.82. The van der Waals surface area contributed by atoms with E-state index in [1.165, 1.54) is 12.1 Å². The lowest BCUT2D eigenvalue weighted by molar-refractivity contribution is -0.139. The second-order valence-electron chi connectivity index (χ2n) is 3.21. The summed E-state index contributed by atoms with van der Waals surface area (Å²) in [5.41, 5.74) is 5.76. The number of halogens is 4. The van der Waals surface area contributed by atoms with E-state index >= 15 is 0 Å². The van der Waals surface area contributed by atoms with E-state index in [1.807, 2.05) is 0 Å². The van der Waals surface area contributed by atoms with Crippen LogP contribution < -0.4 is 10.5 Å². The van der Waals surface area contributed by atoms with Gasteiger partial charge in [-0.1, -0.05) is 0 Å². The van der Waals surface area contributed by atoms with Gasteiger partial charge in [0.1, 0.15) is 11.6 Å². The van der Waals surface area contributed by atoms with Crippen LogP contribution in [0, 0.1) is 5.82 Å². The fourth-order valence-electron chi connectivity index (χ4n) is 1.11. The first kappa shape index (κ1) is 12.8. The molecule has 0 saturated heterocycles. The molecule has 0 spiro atoms. The van der Waals surface area contributed by atoms with Crippen molar-refractivity contribution in [3.05, 3.63) is 29.6 Å². The van der Waals surface area contributed by atoms with Crippen molar-refractivity contribution in [1.82, 2.24) is 0 Å². The number of benzene rings is 1. The van der Waals surface area contributed by atoms with Crippen molar-refractivity contribution < 1.29 is 22.3 Å². The number of nitrogens with two attached hydrogens (primary N) is 1. The second-order valence-corrected chi connectivity index (χ2v) is 3.21. The van der Waals surface area contributed by atoms with Crippen molar-refractivity contribution in [3.8, 4) is 5.75 Å². The molecule has 0 bridgehead atoms. The predicted octanol–water partition coefficient (Wildman–Crippen LogP) is 2.62. The molecule has 0 atom stereocenters. The monoisotopic (exact) mass is 237 g/mol. The van der Waals surface area contributed by atoms with Gasteiger partial charge in [0.15, 0.2) is 0 Å². The Hall–Kier alpha value is -1.30. The smallest absolute Gasteiger partial charge is 0.392 e. The molecule has 0 fully saturated rings. The van der Waals surface area contributed by atoms with Crippen LogP contribution in [0.5, 0.6) is 5.75 Å². The van der Waals surface area contributed by atoms with E-state index in [4.69, 9.17) is 10.5 Å². The van der Waals surface area contributed by atoms with Crippen LogP contribution >= 0.6 is 0 Å². The summed E-state index contributed by atoms with van der Waals surface area (Å²) in [6.07, 6.45) is -5.34. The van der Waals surface area contributed by atoms with Crippen molar-refractivity contribution in [2.24, 2.45) is 5.73 Å². The van der Waals surface area contributed by atoms with Gasteiger partial charge >= 0.3 is 6.18 Å². The first-order valence-electron chi connectivity index (χ1n) is 4.60. The third kappa shape index (κ3) is 4.48. The van der Waals surface area contributed by atoms with E-state index in [0.717, 1.165) is 6.07 Å². The van der Waals surface area contributed by atoms with Gasteiger partial charge in [0, 0.05) is 12.6 Å². The maximum absolute atomic E-state index is 12.9. The molecule has 1 aromatic rings. The Labute approximate surface area is 90.0 Å². The van der Waals surface area contributed by atoms with Gasteiger partial charge in [0.05, 0.1) is 13.0 Å². The Morgan fingerprint density at radius 1 is 1.19 bits per heavy atom. The van der Waals surface area contributed by atoms with Crippen molar-refractivity contribution in [1.29, 1.82) is 0 Å². The lowest BCUT2D eigenvalue weighted by Crippen LogP contribution is -2.13. The highest BCUT2D eigenvalue weighted by molar-refractivity contribution is 5.29. The van der Waals surface area contributed by atoms with Gasteiger partial charge in [0.2, 0.25) is 0 Å². The van der Waals surface area contributed by atoms with Crippen molar-refractivity contribution in [3.63, 3.8) is 0 Å². The molecule has 0 aromatic heterocycles. The fraction of sp³-hybridized carbons (Fsp3) is 0.400. The Bertz CT molecular complexity index is 351. The van der Waals surface area contributed by atoms with E-state index in [0.29, 0.717) is 5.56 Å². The van der Waals surface area contributed by atoms with E-state index in [1.54, 1.807) is 0 Å². The van der Waals surface area contributed by atoms with Crippen LogP contribution in [0.3, 0.4) is 0 Å². The first-order chi connectivity index (χ1) is 7.40. The van der Waals surface area contributed by atoms with Crippen LogP contribution in [0.4, 0.5) is 17.6 Å². The summed E-state index contributed by atoms with van der Waals surface area (Å²) in [5.74, 6) is -0.519. The molecule has 0 aliphatic heterocycles. The molecule has 0 unspecified atom stereocenters. The van der Waals surface area contributed by atoms with Gasteiger partial charge in [-0.05, 0) is 17.7 Å². The number of alkyl halides is 3. The van der Waals surface area contributed by atoms with Crippen LogP contribution in [0.15, 0.2) is 18.2 Å². The second kappa shape index (κ2) is 5.16. The van der Waals surface area contributed by atoms with Gasteiger partial charge in [0.25, 0.3) is 0 Å². The highest BCUT2D eigenvalue weighted by Gasteiger charge is 2.26. The number of rotatable bonds is 4. The molecule has 1 rings (SSSR count). The average molecular weight is 237 g/mol. The van der Waals surface area contributed by atoms with Crippen molar-refractivity contribution in [2.45, 2.75) is 19.1 Å². The normalized spacial score (nSPS) is 11.6. The third-order valence-electron chi connectivity index (χ3n) is 1.82. The average Bonchev–Trinajstić information content (AvgIpc) is 2.14. The maximum atomic E-state index is 12.9. The molecule has 0 amide bonds. The molecule has 2 nitrogen and oxygen atoms in total. The molecule has 0 heterocycles. The molecule has 6 heteroatoms. The molecule has 0 radical (unpaired) electrons. The Morgan fingerprint density at radius 3 is 2.44 bits per heavy atom. The Morgan fingerprint density at radius 2 is 1.88 bits per heavy atom. The van der Waals surface area contributed by atoms with E-state index < -0.39 is 25.0 Å². The zero-order valence-corrected chi connectivity index (χ0v) is 8.35. The molecule has 1 aromatic carbocycles. The highest BCUT2D eigenvalue weighted by Crippen LogP contribution is 2.21. The van der Waals surface area contributed by atoms with Crippen LogP contribution in [-0.4, -0.2) is 12.8 Å². The molecule has 2 N–H and O–H groups in total. The summed E-state index contributed by atoms with van der Waals surface area (Å²) in [5, 5.41) is 0. The molecule has 0 aliphatic rings. The molecule has 0 saturated carbocycles. The molecule has 16 heavy (non-hydrogen) atoms. The zero-order chi connectivity index (χ0) is 12.2. The van der Waals surface area contributed by atoms with Gasteiger partial charge in [-0.2, -0.15) is 13.2 Å². The topological polar surface area (TPSA) is 35.2 Å². The molecule has 0 aliphatic carbocycles. The number of hydrogen-bond donors (Lipinski definition) is 1. The summed E-state index contributed by atoms with van der Waals surface area (Å²) in [7, 11) is 0. The van der Waals surface area contributed by atoms with Gasteiger partial charge in [-0.3, -0.25) is 0 Å². The maximum Gasteiger partial charge on any atom is 0.392 e. The van der Waals surface area contributed by atoms with Crippen LogP contribution in [-0.2, 0) is 6.54 Å². The van der Waals surface area contributed by atoms with Crippen molar-refractivity contribution in [2.75, 3.05) is 6.61 Å². The quantitative estimate of drug-likeness (QED) is 0.817. The van der Waals surface area contributed by atoms with Crippen LogP contribution in [0.1, 0.15) is 12.0 Å². The summed E-state index contributed by atoms with van der Waals surface area (Å²) < 4.78 is 53.1. The zero-order valence-electron chi connectivity index (χ0n) is 8.35. The summed E-state index contributed by atoms with van der Waals surface area (Å²) >= 11 is 0. The van der Waals surface area contributed by atoms with E-state index in [9.17, 15) is 17.6 Å². The van der Waals surface area contributed by atoms with Gasteiger partial charge < -0.3 is 10.5 Å². The summed E-state index contributed by atoms with van der Waals surface area (Å²) in [6, 6.07) is 3.64. The standard InChI is InChI=1S/C10H11F4NO/c11-8-3-7(6-15)4-9(5-8)16-2-1-10(12,13)14/h3-5H,1-2,6,15H2. The Kier molecular flexibility index (Phi) is 4.12. The van der Waals surface area contributed by atoms with Crippen LogP contribution in [0.25, 0.3) is 0 Å². The van der Waals surface area contributed by atoms with Gasteiger partial charge in [-0.25, -0.2) is 4.39 Å². The highest BCUT2D eigenvalue weighted by atomic mass is 19.4. The summed E-state index contributed by atoms with van der Waals surface area (Å²) in [4.78, 5) is 0. The first-order valence-corrected chi connectivity index (χ1v) is 4.60. The Balaban J connectivity index is 2.57. The predicted molar refractivity (Wildman–Crippen MR) is 50.5 cm³/mol. The fourth-order valence-corrected chi connectivity index (χ4v) is 1.11. The SMILES string of the molecule is NCc1cc(F)cc(OCCC(F)(F)F)c1. The van der Waals surface area contributed by atoms with Crippen LogP contribution in [0.2, 0.25) is 0 Å². The minimum absolute atomic E-state index is 0.0599. The molecular weight excluding hydrogens is 226 g/mol. The molecular formula is C10H11F4NO. The minimum atomic E-state index is -4.27. The minimum Gasteiger partial charge on any atom is -0.493 e. The summed E-state index contributed by atoms with van der Waals surface area (Å²) in [6.45, 7) is -0.426. The van der Waals surface area contributed by atoms with E-state index in [-0.39, 0.29) is 12.3 Å².